The second kappa shape index (κ2) is 16.5. The summed E-state index contributed by atoms with van der Waals surface area (Å²) in [6.45, 7) is 2.29. The van der Waals surface area contributed by atoms with E-state index in [2.05, 4.69) is 272 Å². The molecule has 332 valence electrons. The van der Waals surface area contributed by atoms with E-state index in [0.717, 1.165) is 17.1 Å². The highest BCUT2D eigenvalue weighted by molar-refractivity contribution is 7.03. The normalized spacial score (nSPS) is 14.7. The van der Waals surface area contributed by atoms with Crippen LogP contribution >= 0.6 is 0 Å². The van der Waals surface area contributed by atoms with Gasteiger partial charge in [0.15, 0.2) is 0 Å². The van der Waals surface area contributed by atoms with Crippen molar-refractivity contribution >= 4 is 134 Å². The van der Waals surface area contributed by atoms with Crippen LogP contribution in [0, 0.1) is 0 Å². The topological polar surface area (TPSA) is 12.5 Å². The van der Waals surface area contributed by atoms with E-state index in [-0.39, 0.29) is 6.85 Å². The van der Waals surface area contributed by atoms with Gasteiger partial charge in [0.2, 0.25) is 0 Å². The molecule has 13 aromatic rings. The molecular weight excluding hydrogens is 874 g/mol. The lowest BCUT2D eigenvalue weighted by atomic mass is 9.48. The van der Waals surface area contributed by atoms with Crippen LogP contribution in [0.1, 0.15) is 0 Å². The van der Waals surface area contributed by atoms with E-state index in [9.17, 15) is 0 Å². The summed E-state index contributed by atoms with van der Waals surface area (Å²) in [5.41, 5.74) is 4.63. The van der Waals surface area contributed by atoms with Crippen molar-refractivity contribution in [1.29, 1.82) is 0 Å². The molecule has 14 rings (SSSR count). The molecule has 0 aliphatic carbocycles. The summed E-state index contributed by atoms with van der Waals surface area (Å²) in [5.74, 6) is 0.883. The summed E-state index contributed by atoms with van der Waals surface area (Å²) in [7, 11) is -3.10. The highest BCUT2D eigenvalue weighted by Crippen LogP contribution is 2.42. The summed E-state index contributed by atoms with van der Waals surface area (Å²) >= 11 is 0. The van der Waals surface area contributed by atoms with E-state index in [0.29, 0.717) is 0 Å². The maximum atomic E-state index is 7.80. The van der Waals surface area contributed by atoms with Gasteiger partial charge >= 0.3 is 15.2 Å². The first-order valence-electron chi connectivity index (χ1n) is 24.7. The number of fused-ring (bicyclic) bond motifs is 18. The van der Waals surface area contributed by atoms with Gasteiger partial charge in [0.05, 0.1) is 5.69 Å². The van der Waals surface area contributed by atoms with Crippen LogP contribution in [0.5, 0.6) is 5.75 Å². The van der Waals surface area contributed by atoms with Crippen LogP contribution in [0.4, 0.5) is 11.4 Å². The summed E-state index contributed by atoms with van der Waals surface area (Å²) in [6, 6.07) is 96.7. The van der Waals surface area contributed by atoms with Gasteiger partial charge in [-0.3, -0.25) is 0 Å². The van der Waals surface area contributed by atoms with Crippen molar-refractivity contribution in [1.82, 2.24) is 0 Å². The number of hydrogen-bond donors (Lipinski definition) is 0. The molecule has 0 fully saturated rings. The third-order valence-electron chi connectivity index (χ3n) is 15.3. The van der Waals surface area contributed by atoms with Crippen molar-refractivity contribution in [3.63, 3.8) is 0 Å². The predicted octanol–water partition coefficient (Wildman–Crippen LogP) is 15.1. The fourth-order valence-corrected chi connectivity index (χ4v) is 15.2. The van der Waals surface area contributed by atoms with Crippen LogP contribution in [0.3, 0.4) is 0 Å². The second-order valence-electron chi connectivity index (χ2n) is 19.1. The number of nitrogens with zero attached hydrogens (tertiary/aromatic N) is 1. The monoisotopic (exact) mass is 919 g/mol. The van der Waals surface area contributed by atoms with E-state index in [1.54, 1.807) is 0 Å². The highest BCUT2D eigenvalue weighted by Gasteiger charge is 2.45. The lowest BCUT2D eigenvalue weighted by molar-refractivity contribution is 0.572. The molecule has 1 atom stereocenters. The zero-order chi connectivity index (χ0) is 47.0. The number of rotatable bonds is 3. The number of anilines is 2. The van der Waals surface area contributed by atoms with Crippen LogP contribution in [0.25, 0.3) is 86.2 Å². The van der Waals surface area contributed by atoms with Crippen molar-refractivity contribution in [2.75, 3.05) is 4.81 Å². The third kappa shape index (κ3) is 6.49. The summed E-state index contributed by atoms with van der Waals surface area (Å²) in [5, 5.41) is 22.2. The molecule has 0 bridgehead atoms. The number of para-hydroxylation sites is 3. The Morgan fingerprint density at radius 3 is 1.18 bits per heavy atom. The van der Waals surface area contributed by atoms with Crippen molar-refractivity contribution in [2.45, 2.75) is 6.55 Å². The molecule has 0 aromatic heterocycles. The van der Waals surface area contributed by atoms with Crippen LogP contribution in [0.2, 0.25) is 6.55 Å². The molecule has 1 heterocycles. The van der Waals surface area contributed by atoms with E-state index < -0.39 is 8.32 Å². The molecule has 71 heavy (non-hydrogen) atoms. The Hall–Kier alpha value is -8.70. The van der Waals surface area contributed by atoms with E-state index in [1.807, 2.05) is 0 Å². The molecule has 1 unspecified atom stereocenters. The predicted molar refractivity (Wildman–Crippen MR) is 309 cm³/mol. The molecule has 0 amide bonds. The summed E-state index contributed by atoms with van der Waals surface area (Å²) in [4.78, 5) is 2.47. The van der Waals surface area contributed by atoms with Gasteiger partial charge in [-0.15, -0.1) is 0 Å². The Morgan fingerprint density at radius 2 is 0.690 bits per heavy atom. The summed E-state index contributed by atoms with van der Waals surface area (Å²) < 4.78 is 7.80. The first kappa shape index (κ1) is 41.3. The smallest absolute Gasteiger partial charge is 0.328 e. The maximum absolute atomic E-state index is 7.80. The van der Waals surface area contributed by atoms with Gasteiger partial charge in [-0.25, -0.2) is 0 Å². The van der Waals surface area contributed by atoms with Crippen molar-refractivity contribution in [2.24, 2.45) is 0 Å². The van der Waals surface area contributed by atoms with Crippen LogP contribution in [0.15, 0.2) is 261 Å². The van der Waals surface area contributed by atoms with E-state index >= 15 is 0 Å². The average molecular weight is 920 g/mol. The van der Waals surface area contributed by atoms with Crippen LogP contribution < -0.4 is 30.5 Å². The molecule has 13 aromatic carbocycles. The van der Waals surface area contributed by atoms with Gasteiger partial charge in [-0.2, -0.15) is 0 Å². The Bertz CT molecular complexity index is 4370. The van der Waals surface area contributed by atoms with Crippen LogP contribution in [-0.2, 0) is 0 Å². The Labute approximate surface area is 414 Å². The molecule has 0 saturated heterocycles. The lowest BCUT2D eigenvalue weighted by Gasteiger charge is -2.41. The maximum Gasteiger partial charge on any atom is 0.328 e. The molecule has 0 N–H and O–H groups in total. The summed E-state index contributed by atoms with van der Waals surface area (Å²) in [6.07, 6.45) is 0. The van der Waals surface area contributed by atoms with Gasteiger partial charge in [-0.1, -0.05) is 230 Å². The zero-order valence-electron chi connectivity index (χ0n) is 39.3. The van der Waals surface area contributed by atoms with Crippen LogP contribution in [-0.4, -0.2) is 15.2 Å². The average Bonchev–Trinajstić information content (AvgIpc) is 3.44. The number of hydrogen-bond acceptors (Lipinski definition) is 2. The Kier molecular flexibility index (Phi) is 9.58. The first-order valence-corrected chi connectivity index (χ1v) is 27.1. The Morgan fingerprint density at radius 1 is 0.324 bits per heavy atom. The van der Waals surface area contributed by atoms with Gasteiger partial charge < -0.3 is 9.24 Å². The quantitative estimate of drug-likeness (QED) is 0.164. The Balaban J connectivity index is 1.10. The largest absolute Gasteiger partial charge is 0.533 e. The molecule has 1 aliphatic heterocycles. The third-order valence-corrected chi connectivity index (χ3v) is 18.8. The van der Waals surface area contributed by atoms with E-state index in [1.165, 1.54) is 107 Å². The minimum absolute atomic E-state index is 0.120. The number of benzene rings is 11. The molecule has 2 nitrogen and oxygen atoms in total. The molecule has 0 saturated carbocycles. The minimum Gasteiger partial charge on any atom is -0.533 e. The van der Waals surface area contributed by atoms with Gasteiger partial charge in [-0.05, 0) is 145 Å². The standard InChI is InChI=1S/C67H46BNOSi/c1-71(67-39-21-18-36-64(67)68(45-22-4-2-5-23-45)69(46-24-6-3-7-25-46)65-37-19-20-38-66(65)70-71)47-40-41-58-52-30-12-15-33-55(52)62-43-60-53-31-13-10-28-50(53)48-26-8-9-27-49(48)51-29-11-14-32-54(51)61(60)44-63(62)57-35-17-16-34-56(57)59(58)42-47/h2-44H,1H3. The van der Waals surface area contributed by atoms with Crippen molar-refractivity contribution in [3.8, 4) is 5.75 Å². The van der Waals surface area contributed by atoms with E-state index in [4.69, 9.17) is 4.43 Å². The van der Waals surface area contributed by atoms with Gasteiger partial charge in [0.1, 0.15) is 5.75 Å². The molecular formula is C67H46BNOSi. The zero-order valence-corrected chi connectivity index (χ0v) is 40.3. The van der Waals surface area contributed by atoms with Crippen molar-refractivity contribution < 1.29 is 4.43 Å². The highest BCUT2D eigenvalue weighted by atomic mass is 28.4. The molecule has 0 spiro atoms. The first-order chi connectivity index (χ1) is 35.1. The SMILES string of the molecule is C[Si]1(c2ccc3c4ccccc4c4cc5c6ccccc6c6ccccc6c6ccccc6c5cc4c4ccccc4c3c2)Oc2ccccc2N(c2ccccc2)B(c2ccccc2)c2ccccc21. The minimum atomic E-state index is -3.10. The fraction of sp³-hybridized carbons (Fsp3) is 0.0149. The molecule has 4 heteroatoms. The van der Waals surface area contributed by atoms with Gasteiger partial charge in [0, 0.05) is 5.69 Å². The van der Waals surface area contributed by atoms with Crippen molar-refractivity contribution in [3.05, 3.63) is 261 Å². The second-order valence-corrected chi connectivity index (χ2v) is 22.5. The van der Waals surface area contributed by atoms with Gasteiger partial charge in [0.25, 0.3) is 0 Å². The molecule has 0 radical (unpaired) electrons. The lowest BCUT2D eigenvalue weighted by Crippen LogP contribution is -2.71. The fourth-order valence-electron chi connectivity index (χ4n) is 12.1. The molecule has 1 aliphatic rings.